The Morgan fingerprint density at radius 1 is 1.18 bits per heavy atom. The van der Waals surface area contributed by atoms with E-state index in [4.69, 9.17) is 9.47 Å². The van der Waals surface area contributed by atoms with Gasteiger partial charge in [-0.2, -0.15) is 8.78 Å². The van der Waals surface area contributed by atoms with Crippen LogP contribution < -0.4 is 15.0 Å². The Bertz CT molecular complexity index is 1400. The molecule has 0 radical (unpaired) electrons. The van der Waals surface area contributed by atoms with Gasteiger partial charge < -0.3 is 19.2 Å². The van der Waals surface area contributed by atoms with E-state index in [2.05, 4.69) is 14.7 Å². The first-order valence-electron chi connectivity index (χ1n) is 9.98. The molecule has 0 amide bonds. The fourth-order valence-corrected chi connectivity index (χ4v) is 4.19. The van der Waals surface area contributed by atoms with E-state index in [1.54, 1.807) is 0 Å². The highest BCUT2D eigenvalue weighted by Crippen LogP contribution is 2.31. The van der Waals surface area contributed by atoms with Crippen molar-refractivity contribution in [3.8, 4) is 22.6 Å². The van der Waals surface area contributed by atoms with E-state index in [1.165, 1.54) is 42.7 Å². The van der Waals surface area contributed by atoms with Crippen LogP contribution in [0, 0.1) is 0 Å². The van der Waals surface area contributed by atoms with Crippen LogP contribution in [0.1, 0.15) is 11.4 Å². The van der Waals surface area contributed by atoms with E-state index in [1.807, 2.05) is 35.7 Å². The summed E-state index contributed by atoms with van der Waals surface area (Å²) >= 11 is 1.33. The van der Waals surface area contributed by atoms with Gasteiger partial charge in [-0.1, -0.05) is 36.4 Å². The first-order chi connectivity index (χ1) is 16.4. The van der Waals surface area contributed by atoms with Crippen LogP contribution in [0.15, 0.2) is 64.8 Å². The molecular weight excluding hydrogens is 466 g/mol. The highest BCUT2D eigenvalue weighted by molar-refractivity contribution is 7.17. The van der Waals surface area contributed by atoms with Crippen molar-refractivity contribution in [3.63, 3.8) is 0 Å². The molecule has 0 fully saturated rings. The molecule has 0 saturated carbocycles. The number of hydrogen-bond acceptors (Lipinski definition) is 7. The summed E-state index contributed by atoms with van der Waals surface area (Å²) in [4.78, 5) is 32.4. The number of nitrogens with one attached hydrogen (secondary N) is 1. The molecule has 0 bridgehead atoms. The topological polar surface area (TPSA) is 90.5 Å². The van der Waals surface area contributed by atoms with E-state index in [0.717, 1.165) is 17.2 Å². The fourth-order valence-electron chi connectivity index (χ4n) is 3.23. The molecule has 34 heavy (non-hydrogen) atoms. The van der Waals surface area contributed by atoms with Crippen molar-refractivity contribution in [1.29, 1.82) is 0 Å². The number of alkyl halides is 2. The van der Waals surface area contributed by atoms with Gasteiger partial charge >= 0.3 is 12.6 Å². The average molecular weight is 484 g/mol. The Kier molecular flexibility index (Phi) is 6.98. The van der Waals surface area contributed by atoms with Crippen LogP contribution in [-0.4, -0.2) is 29.7 Å². The zero-order valence-electron chi connectivity index (χ0n) is 17.8. The average Bonchev–Trinajstić information content (AvgIpc) is 3.27. The van der Waals surface area contributed by atoms with Crippen LogP contribution in [0.2, 0.25) is 0 Å². The van der Waals surface area contributed by atoms with Gasteiger partial charge in [0.25, 0.3) is 5.56 Å². The summed E-state index contributed by atoms with van der Waals surface area (Å²) < 4.78 is 39.4. The number of halogens is 2. The number of carbonyl (C=O) groups excluding carboxylic acids is 1. The van der Waals surface area contributed by atoms with Crippen LogP contribution in [0.3, 0.4) is 0 Å². The molecule has 1 N–H and O–H groups in total. The van der Waals surface area contributed by atoms with Crippen molar-refractivity contribution < 1.29 is 27.8 Å². The van der Waals surface area contributed by atoms with Crippen molar-refractivity contribution in [2.24, 2.45) is 0 Å². The number of fused-ring (bicyclic) bond motifs is 1. The van der Waals surface area contributed by atoms with Crippen molar-refractivity contribution >= 4 is 33.6 Å². The van der Waals surface area contributed by atoms with Gasteiger partial charge in [-0.05, 0) is 29.3 Å². The summed E-state index contributed by atoms with van der Waals surface area (Å²) in [6.45, 7) is -3.21. The number of esters is 1. The van der Waals surface area contributed by atoms with Crippen LogP contribution >= 0.6 is 11.3 Å². The predicted molar refractivity (Wildman–Crippen MR) is 124 cm³/mol. The van der Waals surface area contributed by atoms with Crippen LogP contribution in [0.25, 0.3) is 27.4 Å². The van der Waals surface area contributed by atoms with Gasteiger partial charge in [0.2, 0.25) is 0 Å². The lowest BCUT2D eigenvalue weighted by molar-refractivity contribution is -0.139. The minimum atomic E-state index is -2.98. The predicted octanol–water partition coefficient (Wildman–Crippen LogP) is 5.02. The quantitative estimate of drug-likeness (QED) is 0.279. The lowest BCUT2D eigenvalue weighted by Gasteiger charge is -2.10. The highest BCUT2D eigenvalue weighted by atomic mass is 32.1. The number of H-pyrrole nitrogens is 1. The Morgan fingerprint density at radius 3 is 2.71 bits per heavy atom. The number of methoxy groups -OCH3 is 1. The molecule has 2 aromatic heterocycles. The molecule has 0 saturated heterocycles. The first-order valence-corrected chi connectivity index (χ1v) is 10.9. The second-order valence-corrected chi connectivity index (χ2v) is 7.80. The number of rotatable bonds is 8. The van der Waals surface area contributed by atoms with Gasteiger partial charge in [0.1, 0.15) is 17.3 Å². The summed E-state index contributed by atoms with van der Waals surface area (Å²) in [5.41, 5.74) is 1.90. The third-order valence-electron chi connectivity index (χ3n) is 4.74. The molecule has 0 aliphatic rings. The van der Waals surface area contributed by atoms with E-state index >= 15 is 0 Å². The Labute approximate surface area is 196 Å². The lowest BCUT2D eigenvalue weighted by Crippen LogP contribution is -2.13. The van der Waals surface area contributed by atoms with Gasteiger partial charge in [0.05, 0.1) is 12.5 Å². The summed E-state index contributed by atoms with van der Waals surface area (Å²) in [6.07, 6.45) is 2.60. The zero-order chi connectivity index (χ0) is 24.1. The molecule has 0 unspecified atom stereocenters. The molecule has 10 heteroatoms. The van der Waals surface area contributed by atoms with Gasteiger partial charge in [0.15, 0.2) is 11.5 Å². The molecule has 174 valence electrons. The Hall–Kier alpha value is -4.05. The SMILES string of the molecule is COc1cc(C=CC(=O)OCc2nc3scc(-c4ccccc4)c3c(=O)[nH]2)ccc1OC(F)F. The number of ether oxygens (including phenoxy) is 3. The number of benzene rings is 2. The van der Waals surface area contributed by atoms with Crippen molar-refractivity contribution in [2.45, 2.75) is 13.2 Å². The van der Waals surface area contributed by atoms with Crippen molar-refractivity contribution in [2.75, 3.05) is 7.11 Å². The van der Waals surface area contributed by atoms with Crippen LogP contribution in [-0.2, 0) is 16.1 Å². The number of hydrogen-bond donors (Lipinski definition) is 1. The molecule has 2 aromatic carbocycles. The maximum atomic E-state index is 12.7. The molecule has 0 aliphatic heterocycles. The molecule has 2 heterocycles. The lowest BCUT2D eigenvalue weighted by atomic mass is 10.1. The Balaban J connectivity index is 1.43. The molecule has 0 spiro atoms. The maximum Gasteiger partial charge on any atom is 0.387 e. The minimum Gasteiger partial charge on any atom is -0.493 e. The summed E-state index contributed by atoms with van der Waals surface area (Å²) in [5, 5.41) is 2.35. The minimum absolute atomic E-state index is 0.0942. The number of nitrogens with zero attached hydrogens (tertiary/aromatic N) is 1. The number of thiophene rings is 1. The molecule has 0 aliphatic carbocycles. The molecular formula is C24H18F2N2O5S. The van der Waals surface area contributed by atoms with Gasteiger partial charge in [0, 0.05) is 17.0 Å². The molecule has 4 aromatic rings. The summed E-state index contributed by atoms with van der Waals surface area (Å²) in [7, 11) is 1.32. The second kappa shape index (κ2) is 10.3. The second-order valence-electron chi connectivity index (χ2n) is 6.94. The number of aromatic nitrogens is 2. The van der Waals surface area contributed by atoms with Gasteiger partial charge in [-0.15, -0.1) is 11.3 Å². The molecule has 4 rings (SSSR count). The monoisotopic (exact) mass is 484 g/mol. The third kappa shape index (κ3) is 5.29. The summed E-state index contributed by atoms with van der Waals surface area (Å²) in [6, 6.07) is 13.7. The third-order valence-corrected chi connectivity index (χ3v) is 5.62. The van der Waals surface area contributed by atoms with E-state index in [9.17, 15) is 18.4 Å². The zero-order valence-corrected chi connectivity index (χ0v) is 18.6. The van der Waals surface area contributed by atoms with Crippen molar-refractivity contribution in [3.05, 3.63) is 81.7 Å². The molecule has 0 atom stereocenters. The fraction of sp³-hybridized carbons (Fsp3) is 0.125. The smallest absolute Gasteiger partial charge is 0.387 e. The van der Waals surface area contributed by atoms with E-state index in [0.29, 0.717) is 15.8 Å². The normalized spacial score (nSPS) is 11.3. The number of carbonyl (C=O) groups is 1. The van der Waals surface area contributed by atoms with Crippen molar-refractivity contribution in [1.82, 2.24) is 9.97 Å². The van der Waals surface area contributed by atoms with Crippen LogP contribution in [0.5, 0.6) is 11.5 Å². The van der Waals surface area contributed by atoms with Gasteiger partial charge in [-0.25, -0.2) is 9.78 Å². The summed E-state index contributed by atoms with van der Waals surface area (Å²) in [5.74, 6) is -0.481. The Morgan fingerprint density at radius 2 is 1.97 bits per heavy atom. The molecule has 7 nitrogen and oxygen atoms in total. The van der Waals surface area contributed by atoms with Gasteiger partial charge in [-0.3, -0.25) is 4.79 Å². The van der Waals surface area contributed by atoms with E-state index < -0.39 is 12.6 Å². The highest BCUT2D eigenvalue weighted by Gasteiger charge is 2.14. The van der Waals surface area contributed by atoms with E-state index in [-0.39, 0.29) is 29.5 Å². The number of aromatic amines is 1. The van der Waals surface area contributed by atoms with Crippen LogP contribution in [0.4, 0.5) is 8.78 Å². The first kappa shape index (κ1) is 23.1. The largest absolute Gasteiger partial charge is 0.493 e. The standard InChI is InChI=1S/C24H18F2N2O5S/c1-31-18-11-14(7-9-17(18)33-24(25)26)8-10-20(29)32-12-19-27-22(30)21-16(13-34-23(21)28-19)15-5-3-2-4-6-15/h2-11,13,24H,12H2,1H3,(H,27,28,30). The maximum absolute atomic E-state index is 12.7.